The van der Waals surface area contributed by atoms with Crippen molar-refractivity contribution < 1.29 is 22.8 Å². The predicted molar refractivity (Wildman–Crippen MR) is 166 cm³/mol. The van der Waals surface area contributed by atoms with E-state index >= 15 is 4.39 Å². The maximum atomic E-state index is 16.5. The molecule has 0 aliphatic heterocycles. The molecule has 3 aromatic carbocycles. The lowest BCUT2D eigenvalue weighted by atomic mass is 9.89. The van der Waals surface area contributed by atoms with Crippen LogP contribution in [-0.2, 0) is 5.41 Å². The number of ketones is 2. The van der Waals surface area contributed by atoms with Gasteiger partial charge in [-0.25, -0.2) is 8.78 Å². The van der Waals surface area contributed by atoms with Crippen LogP contribution in [0.15, 0.2) is 89.6 Å². The molecule has 7 rings (SSSR count). The summed E-state index contributed by atoms with van der Waals surface area (Å²) in [5.41, 5.74) is 4.32. The van der Waals surface area contributed by atoms with E-state index in [1.54, 1.807) is 43.6 Å². The number of furan rings is 1. The first-order valence-electron chi connectivity index (χ1n) is 14.7. The van der Waals surface area contributed by atoms with Gasteiger partial charge in [-0.1, -0.05) is 25.1 Å². The second-order valence-corrected chi connectivity index (χ2v) is 11.6. The summed E-state index contributed by atoms with van der Waals surface area (Å²) in [5, 5.41) is 1.08. The van der Waals surface area contributed by atoms with Crippen molar-refractivity contribution in [1.29, 1.82) is 0 Å². The number of Topliss-reactive ketones (excluding diaryl/α,β-unsaturated/α-hetero) is 2. The highest BCUT2D eigenvalue weighted by Gasteiger charge is 2.47. The van der Waals surface area contributed by atoms with Gasteiger partial charge in [0, 0.05) is 52.2 Å². The SMILES string of the molecule is CCC(=O)c1c(-c2ccc(F)cc2)oc2ccc(-c3cc(C(=O)CC4(c5ccc6ccncc6n5)CC4)ccc3C)c(F)c12. The number of pyridine rings is 2. The van der Waals surface area contributed by atoms with Crippen molar-refractivity contribution in [2.45, 2.75) is 44.9 Å². The molecule has 0 atom stereocenters. The van der Waals surface area contributed by atoms with E-state index in [0.717, 1.165) is 35.0 Å². The van der Waals surface area contributed by atoms with Gasteiger partial charge in [-0.05, 0) is 85.5 Å². The zero-order valence-electron chi connectivity index (χ0n) is 24.3. The highest BCUT2D eigenvalue weighted by molar-refractivity contribution is 6.13. The lowest BCUT2D eigenvalue weighted by Gasteiger charge is -2.16. The standard InChI is InChI=1S/C37H28F2N2O3/c1-3-29(42)33-34-31(44-36(33)23-6-9-25(38)10-7-23)12-11-26(35(34)39)27-18-24(5-4-21(27)2)30(43)19-37(15-16-37)32-13-8-22-14-17-40-20-28(22)41-32/h4-14,17-18,20H,3,15-16,19H2,1-2H3. The Morgan fingerprint density at radius 2 is 1.70 bits per heavy atom. The summed E-state index contributed by atoms with van der Waals surface area (Å²) < 4.78 is 36.1. The molecule has 1 fully saturated rings. The number of nitrogens with zero attached hydrogens (tertiary/aromatic N) is 2. The van der Waals surface area contributed by atoms with Gasteiger partial charge in [-0.2, -0.15) is 0 Å². The molecule has 3 heterocycles. The Morgan fingerprint density at radius 3 is 2.45 bits per heavy atom. The second-order valence-electron chi connectivity index (χ2n) is 11.6. The topological polar surface area (TPSA) is 73.1 Å². The molecule has 5 nitrogen and oxygen atoms in total. The number of aryl methyl sites for hydroxylation is 1. The number of hydrogen-bond acceptors (Lipinski definition) is 5. The average Bonchev–Trinajstić information content (AvgIpc) is 3.72. The summed E-state index contributed by atoms with van der Waals surface area (Å²) in [4.78, 5) is 35.8. The van der Waals surface area contributed by atoms with E-state index in [4.69, 9.17) is 9.40 Å². The molecule has 0 bridgehead atoms. The minimum Gasteiger partial charge on any atom is -0.455 e. The van der Waals surface area contributed by atoms with Crippen LogP contribution in [0.5, 0.6) is 0 Å². The summed E-state index contributed by atoms with van der Waals surface area (Å²) in [7, 11) is 0. The van der Waals surface area contributed by atoms with E-state index in [0.29, 0.717) is 23.1 Å². The van der Waals surface area contributed by atoms with Crippen molar-refractivity contribution in [1.82, 2.24) is 9.97 Å². The minimum atomic E-state index is -0.600. The molecule has 0 amide bonds. The number of halogens is 2. The van der Waals surface area contributed by atoms with Crippen LogP contribution in [0.25, 0.3) is 44.3 Å². The molecule has 44 heavy (non-hydrogen) atoms. The van der Waals surface area contributed by atoms with Gasteiger partial charge < -0.3 is 4.42 Å². The summed E-state index contributed by atoms with van der Waals surface area (Å²) in [6.45, 7) is 3.56. The Bertz CT molecular complexity index is 2110. The molecule has 0 radical (unpaired) electrons. The maximum Gasteiger partial charge on any atom is 0.167 e. The summed E-state index contributed by atoms with van der Waals surface area (Å²) in [6, 6.07) is 20.1. The highest BCUT2D eigenvalue weighted by atomic mass is 19.1. The van der Waals surface area contributed by atoms with Crippen LogP contribution in [0.3, 0.4) is 0 Å². The zero-order valence-corrected chi connectivity index (χ0v) is 24.3. The molecule has 0 saturated heterocycles. The molecule has 1 saturated carbocycles. The molecule has 7 heteroatoms. The molecule has 0 unspecified atom stereocenters. The molecular weight excluding hydrogens is 558 g/mol. The van der Waals surface area contributed by atoms with Crippen molar-refractivity contribution in [3.8, 4) is 22.5 Å². The zero-order chi connectivity index (χ0) is 30.6. The fourth-order valence-corrected chi connectivity index (χ4v) is 6.04. The lowest BCUT2D eigenvalue weighted by Crippen LogP contribution is -2.15. The van der Waals surface area contributed by atoms with Gasteiger partial charge in [0.15, 0.2) is 11.6 Å². The van der Waals surface area contributed by atoms with Crippen LogP contribution >= 0.6 is 0 Å². The average molecular weight is 587 g/mol. The quantitative estimate of drug-likeness (QED) is 0.166. The van der Waals surface area contributed by atoms with Crippen LogP contribution in [0.4, 0.5) is 8.78 Å². The molecule has 3 aromatic heterocycles. The number of aromatic nitrogens is 2. The first-order chi connectivity index (χ1) is 21.3. The van der Waals surface area contributed by atoms with E-state index < -0.39 is 11.6 Å². The largest absolute Gasteiger partial charge is 0.455 e. The summed E-state index contributed by atoms with van der Waals surface area (Å²) >= 11 is 0. The Hall–Kier alpha value is -5.04. The van der Waals surface area contributed by atoms with E-state index in [2.05, 4.69) is 4.98 Å². The van der Waals surface area contributed by atoms with Crippen molar-refractivity contribution in [3.05, 3.63) is 119 Å². The van der Waals surface area contributed by atoms with Crippen molar-refractivity contribution in [2.75, 3.05) is 0 Å². The first-order valence-corrected chi connectivity index (χ1v) is 14.7. The fraction of sp³-hybridized carbons (Fsp3) is 0.189. The third-order valence-electron chi connectivity index (χ3n) is 8.74. The molecule has 0 spiro atoms. The number of carbonyl (C=O) groups excluding carboxylic acids is 2. The van der Waals surface area contributed by atoms with Crippen LogP contribution in [0.2, 0.25) is 0 Å². The predicted octanol–water partition coefficient (Wildman–Crippen LogP) is 9.19. The lowest BCUT2D eigenvalue weighted by molar-refractivity contribution is 0.0966. The molecule has 6 aromatic rings. The van der Waals surface area contributed by atoms with Gasteiger partial charge in [0.25, 0.3) is 0 Å². The van der Waals surface area contributed by atoms with Crippen LogP contribution in [-0.4, -0.2) is 21.5 Å². The molecule has 218 valence electrons. The Labute approximate surface area is 252 Å². The third-order valence-corrected chi connectivity index (χ3v) is 8.74. The van der Waals surface area contributed by atoms with E-state index in [9.17, 15) is 14.0 Å². The van der Waals surface area contributed by atoms with Crippen molar-refractivity contribution >= 4 is 33.4 Å². The van der Waals surface area contributed by atoms with Crippen molar-refractivity contribution in [3.63, 3.8) is 0 Å². The molecule has 1 aliphatic carbocycles. The number of carbonyl (C=O) groups is 2. The number of rotatable bonds is 8. The minimum absolute atomic E-state index is 0.0397. The Morgan fingerprint density at radius 1 is 0.909 bits per heavy atom. The van der Waals surface area contributed by atoms with E-state index in [-0.39, 0.29) is 51.3 Å². The van der Waals surface area contributed by atoms with Crippen LogP contribution in [0, 0.1) is 18.6 Å². The van der Waals surface area contributed by atoms with Gasteiger partial charge in [-0.3, -0.25) is 19.6 Å². The Balaban J connectivity index is 1.27. The maximum absolute atomic E-state index is 16.5. The van der Waals surface area contributed by atoms with Crippen molar-refractivity contribution in [2.24, 2.45) is 0 Å². The second kappa shape index (κ2) is 10.6. The molecular formula is C37H28F2N2O3. The smallest absolute Gasteiger partial charge is 0.167 e. The first kappa shape index (κ1) is 27.8. The molecule has 1 aliphatic rings. The number of hydrogen-bond donors (Lipinski definition) is 0. The van der Waals surface area contributed by atoms with E-state index in [1.807, 2.05) is 31.2 Å². The number of benzene rings is 3. The summed E-state index contributed by atoms with van der Waals surface area (Å²) in [6.07, 6.45) is 5.64. The van der Waals surface area contributed by atoms with E-state index in [1.165, 1.54) is 24.3 Å². The third kappa shape index (κ3) is 4.69. The highest BCUT2D eigenvalue weighted by Crippen LogP contribution is 2.51. The van der Waals surface area contributed by atoms with Crippen LogP contribution < -0.4 is 0 Å². The number of fused-ring (bicyclic) bond motifs is 2. The summed E-state index contributed by atoms with van der Waals surface area (Å²) in [5.74, 6) is -1.15. The van der Waals surface area contributed by atoms with Gasteiger partial charge in [0.1, 0.15) is 23.0 Å². The normalized spacial score (nSPS) is 13.8. The van der Waals surface area contributed by atoms with Gasteiger partial charge in [0.05, 0.1) is 22.7 Å². The van der Waals surface area contributed by atoms with Gasteiger partial charge >= 0.3 is 0 Å². The monoisotopic (exact) mass is 586 g/mol. The van der Waals surface area contributed by atoms with Crippen LogP contribution in [0.1, 0.15) is 64.6 Å². The van der Waals surface area contributed by atoms with Gasteiger partial charge in [0.2, 0.25) is 0 Å². The molecule has 0 N–H and O–H groups in total. The Kier molecular flexibility index (Phi) is 6.69. The fourth-order valence-electron chi connectivity index (χ4n) is 6.04. The van der Waals surface area contributed by atoms with Gasteiger partial charge in [-0.15, -0.1) is 0 Å².